The van der Waals surface area contributed by atoms with Crippen LogP contribution in [0.15, 0.2) is 27.6 Å². The first-order valence-electron chi connectivity index (χ1n) is 6.04. The number of nitrogens with two attached hydrogens (primary N) is 1. The molecule has 4 nitrogen and oxygen atoms in total. The third-order valence-corrected chi connectivity index (χ3v) is 5.24. The van der Waals surface area contributed by atoms with E-state index < -0.39 is 10.0 Å². The number of halogens is 1. The lowest BCUT2D eigenvalue weighted by Crippen LogP contribution is -2.25. The molecule has 0 unspecified atom stereocenters. The fourth-order valence-electron chi connectivity index (χ4n) is 1.78. The predicted octanol–water partition coefficient (Wildman–Crippen LogP) is 2.50. The average Bonchev–Trinajstić information content (AvgIpc) is 3.12. The predicted molar refractivity (Wildman–Crippen MR) is 75.7 cm³/mol. The van der Waals surface area contributed by atoms with Crippen LogP contribution in [0.3, 0.4) is 0 Å². The molecule has 1 aromatic rings. The Morgan fingerprint density at radius 2 is 2.11 bits per heavy atom. The molecule has 0 saturated heterocycles. The van der Waals surface area contributed by atoms with Crippen molar-refractivity contribution in [1.29, 1.82) is 0 Å². The van der Waals surface area contributed by atoms with E-state index in [0.29, 0.717) is 16.7 Å². The number of anilines is 1. The number of benzene rings is 1. The van der Waals surface area contributed by atoms with Crippen molar-refractivity contribution >= 4 is 31.6 Å². The molecule has 1 aliphatic rings. The highest BCUT2D eigenvalue weighted by molar-refractivity contribution is 9.10. The molecule has 6 heteroatoms. The maximum atomic E-state index is 12.0. The van der Waals surface area contributed by atoms with E-state index in [2.05, 4.69) is 20.7 Å². The Morgan fingerprint density at radius 1 is 1.39 bits per heavy atom. The first-order chi connectivity index (χ1) is 8.49. The van der Waals surface area contributed by atoms with Crippen molar-refractivity contribution in [1.82, 2.24) is 4.72 Å². The number of hydrogen-bond acceptors (Lipinski definition) is 3. The fourth-order valence-corrected chi connectivity index (χ4v) is 3.13. The van der Waals surface area contributed by atoms with Crippen molar-refractivity contribution in [2.24, 2.45) is 5.92 Å². The van der Waals surface area contributed by atoms with Crippen molar-refractivity contribution in [3.63, 3.8) is 0 Å². The van der Waals surface area contributed by atoms with Crippen LogP contribution < -0.4 is 10.5 Å². The maximum Gasteiger partial charge on any atom is 0.240 e. The van der Waals surface area contributed by atoms with Gasteiger partial charge in [-0.3, -0.25) is 0 Å². The monoisotopic (exact) mass is 332 g/mol. The Bertz CT molecular complexity index is 527. The summed E-state index contributed by atoms with van der Waals surface area (Å²) in [6.07, 6.45) is 4.62. The van der Waals surface area contributed by atoms with Crippen molar-refractivity contribution in [3.05, 3.63) is 22.7 Å². The maximum absolute atomic E-state index is 12.0. The van der Waals surface area contributed by atoms with Gasteiger partial charge in [0.1, 0.15) is 0 Å². The lowest BCUT2D eigenvalue weighted by molar-refractivity contribution is 0.572. The van der Waals surface area contributed by atoms with Gasteiger partial charge < -0.3 is 5.73 Å². The second kappa shape index (κ2) is 5.59. The van der Waals surface area contributed by atoms with Crippen molar-refractivity contribution in [2.75, 3.05) is 12.3 Å². The molecule has 100 valence electrons. The highest BCUT2D eigenvalue weighted by Gasteiger charge is 2.21. The first-order valence-corrected chi connectivity index (χ1v) is 8.31. The average molecular weight is 333 g/mol. The van der Waals surface area contributed by atoms with Gasteiger partial charge in [0, 0.05) is 16.7 Å². The van der Waals surface area contributed by atoms with Crippen LogP contribution >= 0.6 is 15.9 Å². The number of nitrogens with one attached hydrogen (secondary N) is 1. The van der Waals surface area contributed by atoms with Gasteiger partial charge in [0.25, 0.3) is 0 Å². The molecule has 1 aliphatic carbocycles. The topological polar surface area (TPSA) is 72.2 Å². The number of rotatable bonds is 6. The third kappa shape index (κ3) is 3.70. The first kappa shape index (κ1) is 13.8. The summed E-state index contributed by atoms with van der Waals surface area (Å²) in [4.78, 5) is 0.217. The molecular weight excluding hydrogens is 316 g/mol. The molecule has 1 fully saturated rings. The summed E-state index contributed by atoms with van der Waals surface area (Å²) >= 11 is 3.24. The van der Waals surface area contributed by atoms with Crippen LogP contribution in [0, 0.1) is 5.92 Å². The molecule has 0 atom stereocenters. The van der Waals surface area contributed by atoms with E-state index in [1.807, 2.05) is 0 Å². The van der Waals surface area contributed by atoms with Crippen LogP contribution in [0.4, 0.5) is 5.69 Å². The number of hydrogen-bond donors (Lipinski definition) is 2. The molecule has 0 bridgehead atoms. The minimum Gasteiger partial charge on any atom is -0.398 e. The molecule has 3 N–H and O–H groups in total. The number of nitrogen functional groups attached to an aromatic ring is 1. The van der Waals surface area contributed by atoms with Gasteiger partial charge in [0.15, 0.2) is 0 Å². The van der Waals surface area contributed by atoms with E-state index in [0.717, 1.165) is 18.8 Å². The molecule has 0 amide bonds. The van der Waals surface area contributed by atoms with Gasteiger partial charge >= 0.3 is 0 Å². The summed E-state index contributed by atoms with van der Waals surface area (Å²) in [6, 6.07) is 4.66. The molecular formula is C12H17BrN2O2S. The van der Waals surface area contributed by atoms with Crippen LogP contribution in [0.2, 0.25) is 0 Å². The van der Waals surface area contributed by atoms with E-state index in [9.17, 15) is 8.42 Å². The third-order valence-electron chi connectivity index (χ3n) is 3.06. The van der Waals surface area contributed by atoms with E-state index in [1.165, 1.54) is 18.9 Å². The Balaban J connectivity index is 1.93. The summed E-state index contributed by atoms with van der Waals surface area (Å²) in [6.45, 7) is 0.495. The van der Waals surface area contributed by atoms with E-state index in [-0.39, 0.29) is 4.90 Å². The largest absolute Gasteiger partial charge is 0.398 e. The summed E-state index contributed by atoms with van der Waals surface area (Å²) in [5.74, 6) is 0.831. The van der Waals surface area contributed by atoms with Crippen molar-refractivity contribution in [2.45, 2.75) is 30.6 Å². The van der Waals surface area contributed by atoms with E-state index in [1.54, 1.807) is 12.1 Å². The Hall–Kier alpha value is -0.590. The zero-order chi connectivity index (χ0) is 13.2. The van der Waals surface area contributed by atoms with Gasteiger partial charge in [0.2, 0.25) is 10.0 Å². The van der Waals surface area contributed by atoms with Gasteiger partial charge in [-0.1, -0.05) is 12.8 Å². The number of sulfonamides is 1. The molecule has 0 aliphatic heterocycles. The molecule has 2 rings (SSSR count). The fraction of sp³-hybridized carbons (Fsp3) is 0.500. The Kier molecular flexibility index (Phi) is 4.29. The quantitative estimate of drug-likeness (QED) is 0.621. The van der Waals surface area contributed by atoms with Crippen molar-refractivity contribution in [3.8, 4) is 0 Å². The summed E-state index contributed by atoms with van der Waals surface area (Å²) in [5.41, 5.74) is 6.11. The van der Waals surface area contributed by atoms with Crippen LogP contribution in [0.1, 0.15) is 25.7 Å². The van der Waals surface area contributed by atoms with Crippen LogP contribution in [-0.2, 0) is 10.0 Å². The van der Waals surface area contributed by atoms with Crippen LogP contribution in [0.25, 0.3) is 0 Å². The summed E-state index contributed by atoms with van der Waals surface area (Å²) in [7, 11) is -3.43. The van der Waals surface area contributed by atoms with E-state index >= 15 is 0 Å². The molecule has 1 aromatic carbocycles. The van der Waals surface area contributed by atoms with Gasteiger partial charge in [-0.15, -0.1) is 0 Å². The summed E-state index contributed by atoms with van der Waals surface area (Å²) < 4.78 is 27.3. The van der Waals surface area contributed by atoms with E-state index in [4.69, 9.17) is 5.73 Å². The minimum atomic E-state index is -3.43. The molecule has 0 aromatic heterocycles. The van der Waals surface area contributed by atoms with Gasteiger partial charge in [-0.25, -0.2) is 13.1 Å². The molecule has 1 saturated carbocycles. The molecule has 0 spiro atoms. The second-order valence-corrected chi connectivity index (χ2v) is 7.29. The Labute approximate surface area is 116 Å². The SMILES string of the molecule is Nc1cc(S(=O)(=O)NCCCC2CC2)ccc1Br. The van der Waals surface area contributed by atoms with Gasteiger partial charge in [0.05, 0.1) is 4.90 Å². The molecule has 0 radical (unpaired) electrons. The smallest absolute Gasteiger partial charge is 0.240 e. The van der Waals surface area contributed by atoms with Crippen LogP contribution in [-0.4, -0.2) is 15.0 Å². The van der Waals surface area contributed by atoms with Gasteiger partial charge in [-0.2, -0.15) is 0 Å². The zero-order valence-corrected chi connectivity index (χ0v) is 12.4. The molecule has 0 heterocycles. The summed E-state index contributed by atoms with van der Waals surface area (Å²) in [5, 5.41) is 0. The highest BCUT2D eigenvalue weighted by atomic mass is 79.9. The second-order valence-electron chi connectivity index (χ2n) is 4.67. The Morgan fingerprint density at radius 3 is 2.72 bits per heavy atom. The van der Waals surface area contributed by atoms with Crippen LogP contribution in [0.5, 0.6) is 0 Å². The normalized spacial score (nSPS) is 15.8. The molecule has 18 heavy (non-hydrogen) atoms. The lowest BCUT2D eigenvalue weighted by Gasteiger charge is -2.08. The van der Waals surface area contributed by atoms with Gasteiger partial charge in [-0.05, 0) is 52.9 Å². The zero-order valence-electron chi connectivity index (χ0n) is 10.0. The lowest BCUT2D eigenvalue weighted by atomic mass is 10.2. The minimum absolute atomic E-state index is 0.217. The van der Waals surface area contributed by atoms with Crippen molar-refractivity contribution < 1.29 is 8.42 Å². The highest BCUT2D eigenvalue weighted by Crippen LogP contribution is 2.33. The standard InChI is InChI=1S/C12H17BrN2O2S/c13-11-6-5-10(8-12(11)14)18(16,17)15-7-1-2-9-3-4-9/h5-6,8-9,15H,1-4,7,14H2.